The lowest BCUT2D eigenvalue weighted by Crippen LogP contribution is -2.19. The Labute approximate surface area is 561 Å². The minimum atomic E-state index is -1.97. The molecule has 0 unspecified atom stereocenters. The number of benzene rings is 4. The van der Waals surface area contributed by atoms with Crippen LogP contribution in [0.2, 0.25) is 0 Å². The summed E-state index contributed by atoms with van der Waals surface area (Å²) in [6.07, 6.45) is 38.5. The van der Waals surface area contributed by atoms with Crippen LogP contribution in [-0.2, 0) is 18.1 Å². The SMILES string of the molecule is CCCCCCOP1Oc2cc3c4cc2C(CCCCCC)c2cc5c(cc2O1)OP(OCCCCCC)Oc1cc2c(cc1C5CCCCCC)C(CCCCCC)c1cc(c(cc1OP(OCCCCCC)O2)OP(OCCCCCC)O3)C4CCCCCC. The van der Waals surface area contributed by atoms with Crippen molar-refractivity contribution in [3.63, 3.8) is 0 Å². The molecular formula is C76H116O12P4. The van der Waals surface area contributed by atoms with Crippen molar-refractivity contribution >= 4 is 34.4 Å². The molecule has 0 amide bonds. The van der Waals surface area contributed by atoms with Gasteiger partial charge in [-0.1, -0.05) is 235 Å². The molecule has 0 radical (unpaired) electrons. The van der Waals surface area contributed by atoms with Gasteiger partial charge in [-0.25, -0.2) is 0 Å². The van der Waals surface area contributed by atoms with Gasteiger partial charge < -0.3 is 36.2 Å². The van der Waals surface area contributed by atoms with Crippen molar-refractivity contribution in [1.29, 1.82) is 0 Å². The molecule has 0 spiro atoms. The van der Waals surface area contributed by atoms with E-state index in [1.54, 1.807) is 0 Å². The molecule has 4 aliphatic heterocycles. The Bertz CT molecular complexity index is 2330. The van der Waals surface area contributed by atoms with Crippen molar-refractivity contribution in [1.82, 2.24) is 0 Å². The van der Waals surface area contributed by atoms with E-state index in [9.17, 15) is 0 Å². The Balaban J connectivity index is 1.38. The van der Waals surface area contributed by atoms with Gasteiger partial charge in [-0.05, 0) is 75.6 Å². The van der Waals surface area contributed by atoms with Crippen LogP contribution in [0, 0.1) is 0 Å². The molecule has 9 rings (SSSR count). The normalized spacial score (nSPS) is 20.6. The zero-order chi connectivity index (χ0) is 64.3. The maximum absolute atomic E-state index is 7.36. The monoisotopic (exact) mass is 1340 g/mol. The second-order valence-corrected chi connectivity index (χ2v) is 30.8. The van der Waals surface area contributed by atoms with Crippen molar-refractivity contribution < 1.29 is 54.3 Å². The van der Waals surface area contributed by atoms with Gasteiger partial charge in [0.1, 0.15) is 46.0 Å². The highest BCUT2D eigenvalue weighted by Crippen LogP contribution is 2.63. The minimum absolute atomic E-state index is 0.115. The fraction of sp³-hybridized carbons (Fsp3) is 0.684. The van der Waals surface area contributed by atoms with E-state index in [0.29, 0.717) is 26.4 Å². The van der Waals surface area contributed by atoms with Gasteiger partial charge in [-0.3, -0.25) is 18.1 Å². The summed E-state index contributed by atoms with van der Waals surface area (Å²) in [5, 5.41) is 0. The Morgan fingerprint density at radius 1 is 0.217 bits per heavy atom. The molecule has 0 saturated carbocycles. The molecule has 16 heteroatoms. The summed E-state index contributed by atoms with van der Waals surface area (Å²) in [5.41, 5.74) is 9.08. The average molecular weight is 1350 g/mol. The molecule has 0 atom stereocenters. The van der Waals surface area contributed by atoms with Crippen LogP contribution in [0.25, 0.3) is 0 Å². The van der Waals surface area contributed by atoms with E-state index >= 15 is 0 Å². The number of rotatable bonds is 44. The van der Waals surface area contributed by atoms with E-state index in [4.69, 9.17) is 54.3 Å². The minimum Gasteiger partial charge on any atom is -0.417 e. The molecular weight excluding hydrogens is 1230 g/mol. The van der Waals surface area contributed by atoms with Crippen molar-refractivity contribution in [3.05, 3.63) is 93.0 Å². The zero-order valence-electron chi connectivity index (χ0n) is 57.9. The molecule has 0 saturated heterocycles. The second-order valence-electron chi connectivity index (χ2n) is 26.5. The van der Waals surface area contributed by atoms with E-state index in [1.165, 1.54) is 25.7 Å². The van der Waals surface area contributed by atoms with Crippen LogP contribution in [0.3, 0.4) is 0 Å². The summed E-state index contributed by atoms with van der Waals surface area (Å²) in [6.45, 7) is 20.2. The van der Waals surface area contributed by atoms with Gasteiger partial charge in [-0.2, -0.15) is 0 Å². The van der Waals surface area contributed by atoms with Crippen LogP contribution >= 0.6 is 34.4 Å². The molecule has 0 aromatic heterocycles. The summed E-state index contributed by atoms with van der Waals surface area (Å²) in [5.74, 6) is 5.40. The first-order valence-corrected chi connectivity index (χ1v) is 41.6. The van der Waals surface area contributed by atoms with E-state index in [-0.39, 0.29) is 23.7 Å². The van der Waals surface area contributed by atoms with E-state index < -0.39 is 34.4 Å². The molecule has 5 aliphatic rings. The highest BCUT2D eigenvalue weighted by atomic mass is 31.2. The average Bonchev–Trinajstić information content (AvgIpc) is 0.875. The summed E-state index contributed by atoms with van der Waals surface area (Å²) in [4.78, 5) is 0. The molecule has 1 aliphatic carbocycles. The maximum atomic E-state index is 7.36. The summed E-state index contributed by atoms with van der Waals surface area (Å²) >= 11 is 0. The fourth-order valence-corrected chi connectivity index (χ4v) is 18.0. The standard InChI is InChI=1S/C76H116O12P4/c1-9-17-25-33-41-57-61-49-63-58(42-34-26-18-10-2)65-51-67-60(44-36-28-20-12-4)68-52-66-59(43-35-27-19-11-3)64-50-62(57)70-54-72(64)84-91(79-47-39-31-23-15-7)86-74(66)56-76(68)88-92(80-48-40-32-24-16-8)87-75(67)55-73(65)85-90(78-46-38-30-22-14-6)83-71(63)53-69(61)81-89(82-70)77-45-37-29-21-13-5/h49-60H,9-48H2,1-8H3. The van der Waals surface area contributed by atoms with Gasteiger partial charge >= 0.3 is 34.4 Å². The van der Waals surface area contributed by atoms with Crippen molar-refractivity contribution in [3.8, 4) is 46.0 Å². The quantitative estimate of drug-likeness (QED) is 0.0311. The predicted molar refractivity (Wildman–Crippen MR) is 381 cm³/mol. The third-order valence-electron chi connectivity index (χ3n) is 19.1. The second kappa shape index (κ2) is 39.9. The Kier molecular flexibility index (Phi) is 31.7. The topological polar surface area (TPSA) is 111 Å². The molecule has 12 nitrogen and oxygen atoms in total. The van der Waals surface area contributed by atoms with Gasteiger partial charge in [0.2, 0.25) is 0 Å². The largest absolute Gasteiger partial charge is 0.463 e. The molecule has 0 N–H and O–H groups in total. The first-order valence-electron chi connectivity index (χ1n) is 37.2. The maximum Gasteiger partial charge on any atom is 0.463 e. The lowest BCUT2D eigenvalue weighted by Gasteiger charge is -2.36. The third kappa shape index (κ3) is 20.5. The van der Waals surface area contributed by atoms with Gasteiger partial charge in [-0.15, -0.1) is 0 Å². The summed E-state index contributed by atoms with van der Waals surface area (Å²) < 4.78 is 86.3. The van der Waals surface area contributed by atoms with Gasteiger partial charge in [0.05, 0.1) is 26.4 Å². The molecule has 512 valence electrons. The third-order valence-corrected chi connectivity index (χ3v) is 23.5. The fourth-order valence-electron chi connectivity index (χ4n) is 13.8. The smallest absolute Gasteiger partial charge is 0.417 e. The van der Waals surface area contributed by atoms with Gasteiger partial charge in [0.25, 0.3) is 0 Å². The van der Waals surface area contributed by atoms with Gasteiger partial charge in [0.15, 0.2) is 0 Å². The van der Waals surface area contributed by atoms with Crippen LogP contribution in [0.4, 0.5) is 0 Å². The van der Waals surface area contributed by atoms with Crippen molar-refractivity contribution in [2.45, 2.75) is 310 Å². The van der Waals surface area contributed by atoms with Gasteiger partial charge in [0, 0.05) is 92.4 Å². The molecule has 92 heavy (non-hydrogen) atoms. The first-order chi connectivity index (χ1) is 45.3. The molecule has 8 bridgehead atoms. The van der Waals surface area contributed by atoms with E-state index in [1.807, 2.05) is 0 Å². The lowest BCUT2D eigenvalue weighted by atomic mass is 9.76. The predicted octanol–water partition coefficient (Wildman–Crippen LogP) is 26.8. The lowest BCUT2D eigenvalue weighted by molar-refractivity contribution is 0.250. The summed E-state index contributed by atoms with van der Waals surface area (Å²) in [7, 11) is -7.88. The highest BCUT2D eigenvalue weighted by molar-refractivity contribution is 7.43. The molecule has 4 aromatic rings. The number of unbranched alkanes of at least 4 members (excludes halogenated alkanes) is 24. The van der Waals surface area contributed by atoms with Crippen LogP contribution in [0.5, 0.6) is 46.0 Å². The Hall–Kier alpha value is -3.16. The molecule has 4 aromatic carbocycles. The van der Waals surface area contributed by atoms with Crippen LogP contribution in [0.1, 0.15) is 355 Å². The van der Waals surface area contributed by atoms with Crippen LogP contribution < -0.4 is 36.2 Å². The molecule has 0 fully saturated rings. The summed E-state index contributed by atoms with van der Waals surface area (Å²) in [6, 6.07) is 18.7. The van der Waals surface area contributed by atoms with Crippen molar-refractivity contribution in [2.75, 3.05) is 26.4 Å². The van der Waals surface area contributed by atoms with Crippen LogP contribution in [-0.4, -0.2) is 26.4 Å². The zero-order valence-corrected chi connectivity index (χ0v) is 61.5. The van der Waals surface area contributed by atoms with Crippen LogP contribution in [0.15, 0.2) is 48.5 Å². The number of hydrogen-bond acceptors (Lipinski definition) is 12. The Morgan fingerprint density at radius 3 is 0.543 bits per heavy atom. The Morgan fingerprint density at radius 2 is 0.380 bits per heavy atom. The number of hydrogen-bond donors (Lipinski definition) is 0. The van der Waals surface area contributed by atoms with E-state index in [0.717, 1.165) is 296 Å². The highest BCUT2D eigenvalue weighted by Gasteiger charge is 2.42. The van der Waals surface area contributed by atoms with E-state index in [2.05, 4.69) is 104 Å². The van der Waals surface area contributed by atoms with Crippen molar-refractivity contribution in [2.24, 2.45) is 0 Å². The molecule has 4 heterocycles. The first kappa shape index (κ1) is 73.1.